The predicted molar refractivity (Wildman–Crippen MR) is 58.5 cm³/mol. The number of rotatable bonds is 6. The lowest BCUT2D eigenvalue weighted by atomic mass is 10.1. The average Bonchev–Trinajstić information content (AvgIpc) is 2.20. The van der Waals surface area contributed by atoms with Gasteiger partial charge in [0.1, 0.15) is 0 Å². The van der Waals surface area contributed by atoms with Crippen molar-refractivity contribution < 1.29 is 4.79 Å². The minimum Gasteiger partial charge on any atom is -0.355 e. The molecule has 0 bridgehead atoms. The van der Waals surface area contributed by atoms with Gasteiger partial charge < -0.3 is 11.1 Å². The first kappa shape index (κ1) is 13.0. The zero-order valence-electron chi connectivity index (χ0n) is 9.10. The molecule has 3 heteroatoms. The van der Waals surface area contributed by atoms with Gasteiger partial charge >= 0.3 is 0 Å². The summed E-state index contributed by atoms with van der Waals surface area (Å²) < 4.78 is 0. The van der Waals surface area contributed by atoms with E-state index in [0.29, 0.717) is 13.1 Å². The number of nitrogens with one attached hydrogen (secondary N) is 1. The number of amides is 1. The smallest absolute Gasteiger partial charge is 0.222 e. The molecule has 0 aromatic carbocycles. The molecule has 14 heavy (non-hydrogen) atoms. The van der Waals surface area contributed by atoms with E-state index in [1.807, 2.05) is 6.92 Å². The molecule has 1 amide bonds. The molecule has 0 radical (unpaired) electrons. The Bertz CT molecular complexity index is 215. The molecular formula is C11H20N2O. The number of nitrogens with two attached hydrogens (primary N) is 1. The number of carbonyl (C=O) groups excluding carboxylic acids is 1. The molecule has 0 rings (SSSR count). The van der Waals surface area contributed by atoms with E-state index in [1.54, 1.807) is 6.92 Å². The van der Waals surface area contributed by atoms with E-state index in [4.69, 9.17) is 5.73 Å². The summed E-state index contributed by atoms with van der Waals surface area (Å²) in [5, 5.41) is 2.84. The molecule has 0 saturated carbocycles. The normalized spacial score (nSPS) is 11.4. The van der Waals surface area contributed by atoms with E-state index in [0.717, 1.165) is 19.3 Å². The van der Waals surface area contributed by atoms with Crippen molar-refractivity contribution in [1.29, 1.82) is 0 Å². The Kier molecular flexibility index (Phi) is 7.96. The Morgan fingerprint density at radius 2 is 2.29 bits per heavy atom. The van der Waals surface area contributed by atoms with Crippen molar-refractivity contribution in [3.8, 4) is 11.8 Å². The van der Waals surface area contributed by atoms with Gasteiger partial charge in [-0.25, -0.2) is 0 Å². The first-order valence-electron chi connectivity index (χ1n) is 5.09. The molecule has 1 unspecified atom stereocenters. The first-order valence-corrected chi connectivity index (χ1v) is 5.09. The molecular weight excluding hydrogens is 176 g/mol. The van der Waals surface area contributed by atoms with E-state index in [9.17, 15) is 4.79 Å². The van der Waals surface area contributed by atoms with Crippen molar-refractivity contribution in [2.75, 3.05) is 13.1 Å². The van der Waals surface area contributed by atoms with Crippen molar-refractivity contribution >= 4 is 5.91 Å². The topological polar surface area (TPSA) is 55.1 Å². The van der Waals surface area contributed by atoms with Crippen molar-refractivity contribution in [3.05, 3.63) is 0 Å². The molecule has 0 saturated heterocycles. The monoisotopic (exact) mass is 196 g/mol. The Morgan fingerprint density at radius 3 is 2.86 bits per heavy atom. The van der Waals surface area contributed by atoms with Crippen LogP contribution in [0.4, 0.5) is 0 Å². The van der Waals surface area contributed by atoms with Crippen molar-refractivity contribution in [2.24, 2.45) is 11.7 Å². The molecule has 1 atom stereocenters. The maximum absolute atomic E-state index is 11.4. The van der Waals surface area contributed by atoms with E-state index < -0.39 is 0 Å². The molecule has 0 spiro atoms. The maximum Gasteiger partial charge on any atom is 0.222 e. The minimum atomic E-state index is 0.0631. The lowest BCUT2D eigenvalue weighted by molar-refractivity contribution is -0.124. The van der Waals surface area contributed by atoms with Crippen LogP contribution in [0.1, 0.15) is 33.1 Å². The Morgan fingerprint density at radius 1 is 1.57 bits per heavy atom. The van der Waals surface area contributed by atoms with Gasteiger partial charge in [0.2, 0.25) is 5.91 Å². The van der Waals surface area contributed by atoms with E-state index in [1.165, 1.54) is 0 Å². The van der Waals surface area contributed by atoms with E-state index in [2.05, 4.69) is 17.2 Å². The summed E-state index contributed by atoms with van der Waals surface area (Å²) in [5.74, 6) is 5.86. The molecule has 0 heterocycles. The highest BCUT2D eigenvalue weighted by Gasteiger charge is 2.10. The Labute approximate surface area is 86.4 Å². The third-order valence-electron chi connectivity index (χ3n) is 2.01. The third-order valence-corrected chi connectivity index (χ3v) is 2.01. The van der Waals surface area contributed by atoms with Crippen LogP contribution in [0.5, 0.6) is 0 Å². The van der Waals surface area contributed by atoms with Crippen molar-refractivity contribution in [1.82, 2.24) is 5.32 Å². The first-order chi connectivity index (χ1) is 6.72. The molecule has 3 nitrogen and oxygen atoms in total. The molecule has 0 aliphatic rings. The lowest BCUT2D eigenvalue weighted by Gasteiger charge is -2.10. The number of carbonyl (C=O) groups is 1. The zero-order chi connectivity index (χ0) is 10.8. The molecule has 80 valence electrons. The van der Waals surface area contributed by atoms with Crippen LogP contribution in [0.3, 0.4) is 0 Å². The fraction of sp³-hybridized carbons (Fsp3) is 0.727. The maximum atomic E-state index is 11.4. The van der Waals surface area contributed by atoms with Gasteiger partial charge in [0.15, 0.2) is 0 Å². The Hall–Kier alpha value is -1.01. The van der Waals surface area contributed by atoms with Crippen LogP contribution in [-0.4, -0.2) is 19.0 Å². The minimum absolute atomic E-state index is 0.0631. The van der Waals surface area contributed by atoms with Gasteiger partial charge in [-0.05, 0) is 26.3 Å². The van der Waals surface area contributed by atoms with Crippen molar-refractivity contribution in [3.63, 3.8) is 0 Å². The van der Waals surface area contributed by atoms with Gasteiger partial charge in [0, 0.05) is 18.9 Å². The van der Waals surface area contributed by atoms with Gasteiger partial charge in [-0.1, -0.05) is 6.92 Å². The second-order valence-electron chi connectivity index (χ2n) is 3.30. The molecule has 0 aliphatic heterocycles. The van der Waals surface area contributed by atoms with Crippen molar-refractivity contribution in [2.45, 2.75) is 33.1 Å². The zero-order valence-corrected chi connectivity index (χ0v) is 9.10. The predicted octanol–water partition coefficient (Wildman–Crippen LogP) is 0.891. The second kappa shape index (κ2) is 8.58. The molecule has 3 N–H and O–H groups in total. The lowest BCUT2D eigenvalue weighted by Crippen LogP contribution is -2.30. The summed E-state index contributed by atoms with van der Waals surface area (Å²) in [7, 11) is 0. The summed E-state index contributed by atoms with van der Waals surface area (Å²) >= 11 is 0. The Balaban J connectivity index is 3.54. The van der Waals surface area contributed by atoms with E-state index in [-0.39, 0.29) is 11.8 Å². The number of hydrogen-bond acceptors (Lipinski definition) is 2. The highest BCUT2D eigenvalue weighted by molar-refractivity contribution is 5.78. The SMILES string of the molecule is CC#CCCNC(=O)C(C)CCCN. The van der Waals surface area contributed by atoms with Crippen LogP contribution in [0.25, 0.3) is 0 Å². The molecule has 0 aromatic heterocycles. The molecule has 0 fully saturated rings. The van der Waals surface area contributed by atoms with Crippen LogP contribution in [0.15, 0.2) is 0 Å². The number of hydrogen-bond donors (Lipinski definition) is 2. The quantitative estimate of drug-likeness (QED) is 0.489. The van der Waals surface area contributed by atoms with Gasteiger partial charge in [-0.15, -0.1) is 11.8 Å². The summed E-state index contributed by atoms with van der Waals surface area (Å²) in [4.78, 5) is 11.4. The highest BCUT2D eigenvalue weighted by atomic mass is 16.1. The fourth-order valence-corrected chi connectivity index (χ4v) is 1.10. The second-order valence-corrected chi connectivity index (χ2v) is 3.30. The largest absolute Gasteiger partial charge is 0.355 e. The standard InChI is InChI=1S/C11H20N2O/c1-3-4-5-9-13-11(14)10(2)7-6-8-12/h10H,5-9,12H2,1-2H3,(H,13,14). The van der Waals surface area contributed by atoms with Crippen LogP contribution in [0.2, 0.25) is 0 Å². The fourth-order valence-electron chi connectivity index (χ4n) is 1.10. The van der Waals surface area contributed by atoms with Gasteiger partial charge in [-0.2, -0.15) is 0 Å². The van der Waals surface area contributed by atoms with Gasteiger partial charge in [-0.3, -0.25) is 4.79 Å². The summed E-state index contributed by atoms with van der Waals surface area (Å²) in [5.41, 5.74) is 5.37. The summed E-state index contributed by atoms with van der Waals surface area (Å²) in [6, 6.07) is 0. The third kappa shape index (κ3) is 6.50. The van der Waals surface area contributed by atoms with Crippen LogP contribution >= 0.6 is 0 Å². The van der Waals surface area contributed by atoms with Crippen LogP contribution < -0.4 is 11.1 Å². The summed E-state index contributed by atoms with van der Waals surface area (Å²) in [6.07, 6.45) is 2.50. The molecule has 0 aliphatic carbocycles. The van der Waals surface area contributed by atoms with Crippen LogP contribution in [-0.2, 0) is 4.79 Å². The van der Waals surface area contributed by atoms with Gasteiger partial charge in [0.05, 0.1) is 0 Å². The summed E-state index contributed by atoms with van der Waals surface area (Å²) in [6.45, 7) is 5.02. The average molecular weight is 196 g/mol. The van der Waals surface area contributed by atoms with E-state index >= 15 is 0 Å². The highest BCUT2D eigenvalue weighted by Crippen LogP contribution is 2.03. The molecule has 0 aromatic rings. The van der Waals surface area contributed by atoms with Gasteiger partial charge in [0.25, 0.3) is 0 Å². The van der Waals surface area contributed by atoms with Crippen LogP contribution in [0, 0.1) is 17.8 Å².